The number of benzene rings is 3. The van der Waals surface area contributed by atoms with Crippen LogP contribution in [0.5, 0.6) is 0 Å². The van der Waals surface area contributed by atoms with E-state index in [1.165, 1.54) is 9.21 Å². The number of hydrogen-bond donors (Lipinski definition) is 0. The van der Waals surface area contributed by atoms with E-state index in [1.807, 2.05) is 54.6 Å². The van der Waals surface area contributed by atoms with Crippen LogP contribution in [0.1, 0.15) is 24.2 Å². The number of carbonyl (C=O) groups is 1. The molecule has 0 N–H and O–H groups in total. The summed E-state index contributed by atoms with van der Waals surface area (Å²) in [5, 5.41) is 1.82. The number of nitrogens with zero attached hydrogens (tertiary/aromatic N) is 2. The van der Waals surface area contributed by atoms with Gasteiger partial charge < -0.3 is 0 Å². The lowest BCUT2D eigenvalue weighted by Crippen LogP contribution is -2.38. The SMILES string of the molecule is C[C@H]1C(=O)N2C=Cc3ccccc3[C@H]2N1S(=O)(=O)c1ccc2ccccc2c1. The van der Waals surface area contributed by atoms with Crippen molar-refractivity contribution in [1.82, 2.24) is 9.21 Å². The Bertz CT molecular complexity index is 1250. The van der Waals surface area contributed by atoms with E-state index < -0.39 is 22.2 Å². The average Bonchev–Trinajstić information content (AvgIpc) is 2.99. The van der Waals surface area contributed by atoms with Crippen molar-refractivity contribution >= 4 is 32.8 Å². The highest BCUT2D eigenvalue weighted by molar-refractivity contribution is 7.89. The lowest BCUT2D eigenvalue weighted by molar-refractivity contribution is -0.127. The van der Waals surface area contributed by atoms with E-state index in [0.29, 0.717) is 0 Å². The van der Waals surface area contributed by atoms with Gasteiger partial charge in [0.2, 0.25) is 15.9 Å². The predicted octanol–water partition coefficient (Wildman–Crippen LogP) is 3.74. The average molecular weight is 390 g/mol. The van der Waals surface area contributed by atoms with Gasteiger partial charge in [0, 0.05) is 6.20 Å². The summed E-state index contributed by atoms with van der Waals surface area (Å²) in [5.41, 5.74) is 1.73. The molecule has 140 valence electrons. The number of sulfonamides is 1. The maximum absolute atomic E-state index is 13.6. The van der Waals surface area contributed by atoms with Crippen LogP contribution in [0.2, 0.25) is 0 Å². The van der Waals surface area contributed by atoms with E-state index in [-0.39, 0.29) is 10.8 Å². The van der Waals surface area contributed by atoms with Gasteiger partial charge in [-0.3, -0.25) is 9.69 Å². The van der Waals surface area contributed by atoms with Gasteiger partial charge in [0.05, 0.1) is 4.90 Å². The molecule has 3 aromatic carbocycles. The molecule has 5 rings (SSSR count). The molecule has 6 heteroatoms. The quantitative estimate of drug-likeness (QED) is 0.670. The highest BCUT2D eigenvalue weighted by Gasteiger charge is 2.51. The summed E-state index contributed by atoms with van der Waals surface area (Å²) >= 11 is 0. The van der Waals surface area contributed by atoms with Crippen LogP contribution in [0.3, 0.4) is 0 Å². The van der Waals surface area contributed by atoms with Gasteiger partial charge in [-0.25, -0.2) is 8.42 Å². The van der Waals surface area contributed by atoms with Crippen LogP contribution in [0.15, 0.2) is 77.8 Å². The van der Waals surface area contributed by atoms with E-state index in [9.17, 15) is 13.2 Å². The second-order valence-corrected chi connectivity index (χ2v) is 8.93. The molecule has 2 aliphatic rings. The van der Waals surface area contributed by atoms with Crippen LogP contribution in [0.4, 0.5) is 0 Å². The first-order valence-electron chi connectivity index (χ1n) is 9.10. The minimum absolute atomic E-state index is 0.194. The maximum atomic E-state index is 13.6. The number of carbonyl (C=O) groups excluding carboxylic acids is 1. The van der Waals surface area contributed by atoms with Crippen LogP contribution in [0.25, 0.3) is 16.8 Å². The summed E-state index contributed by atoms with van der Waals surface area (Å²) < 4.78 is 28.6. The molecule has 0 spiro atoms. The van der Waals surface area contributed by atoms with Gasteiger partial charge in [-0.15, -0.1) is 0 Å². The number of fused-ring (bicyclic) bond motifs is 4. The summed E-state index contributed by atoms with van der Waals surface area (Å²) in [7, 11) is -3.89. The first-order valence-corrected chi connectivity index (χ1v) is 10.5. The summed E-state index contributed by atoms with van der Waals surface area (Å²) in [6, 6.07) is 19.5. The van der Waals surface area contributed by atoms with Gasteiger partial charge in [-0.1, -0.05) is 54.6 Å². The Balaban J connectivity index is 1.68. The second-order valence-electron chi connectivity index (χ2n) is 7.08. The third-order valence-electron chi connectivity index (χ3n) is 5.48. The lowest BCUT2D eigenvalue weighted by Gasteiger charge is -2.32. The van der Waals surface area contributed by atoms with Gasteiger partial charge in [0.15, 0.2) is 0 Å². The lowest BCUT2D eigenvalue weighted by atomic mass is 10.0. The Hall–Kier alpha value is -2.96. The summed E-state index contributed by atoms with van der Waals surface area (Å²) in [5.74, 6) is -0.222. The van der Waals surface area contributed by atoms with Gasteiger partial charge in [-0.2, -0.15) is 4.31 Å². The molecule has 0 unspecified atom stereocenters. The van der Waals surface area contributed by atoms with E-state index in [4.69, 9.17) is 0 Å². The Morgan fingerprint density at radius 1 is 0.893 bits per heavy atom. The molecule has 0 aromatic heterocycles. The number of amides is 1. The molecular weight excluding hydrogens is 372 g/mol. The molecule has 5 nitrogen and oxygen atoms in total. The largest absolute Gasteiger partial charge is 0.296 e. The van der Waals surface area contributed by atoms with Crippen LogP contribution in [-0.4, -0.2) is 29.6 Å². The molecule has 1 fully saturated rings. The maximum Gasteiger partial charge on any atom is 0.246 e. The molecule has 2 atom stereocenters. The van der Waals surface area contributed by atoms with Gasteiger partial charge >= 0.3 is 0 Å². The van der Waals surface area contributed by atoms with Crippen LogP contribution >= 0.6 is 0 Å². The van der Waals surface area contributed by atoms with Crippen LogP contribution < -0.4 is 0 Å². The molecule has 3 aromatic rings. The molecule has 0 aliphatic carbocycles. The van der Waals surface area contributed by atoms with Crippen molar-refractivity contribution in [2.24, 2.45) is 0 Å². The third-order valence-corrected chi connectivity index (χ3v) is 7.40. The Kier molecular flexibility index (Phi) is 3.69. The number of hydrogen-bond acceptors (Lipinski definition) is 3. The summed E-state index contributed by atoms with van der Waals surface area (Å²) in [6.07, 6.45) is 2.87. The fourth-order valence-electron chi connectivity index (χ4n) is 4.07. The molecule has 1 saturated heterocycles. The first-order chi connectivity index (χ1) is 13.5. The Labute approximate surface area is 163 Å². The molecule has 2 aliphatic heterocycles. The zero-order valence-electron chi connectivity index (χ0n) is 15.2. The van der Waals surface area contributed by atoms with Crippen LogP contribution in [-0.2, 0) is 14.8 Å². The molecule has 28 heavy (non-hydrogen) atoms. The highest BCUT2D eigenvalue weighted by atomic mass is 32.2. The smallest absolute Gasteiger partial charge is 0.246 e. The molecule has 2 heterocycles. The van der Waals surface area contributed by atoms with Crippen molar-refractivity contribution in [3.8, 4) is 0 Å². The van der Waals surface area contributed by atoms with E-state index >= 15 is 0 Å². The standard InChI is InChI=1S/C22H18N2O3S/c1-15-22(25)23-13-12-17-7-4-5-9-20(17)21(23)24(15)28(26,27)19-11-10-16-6-2-3-8-18(16)14-19/h2-15,21H,1H3/t15-,21+/m0/s1. The van der Waals surface area contributed by atoms with Crippen molar-refractivity contribution in [1.29, 1.82) is 0 Å². The Morgan fingerprint density at radius 3 is 2.43 bits per heavy atom. The minimum atomic E-state index is -3.89. The fourth-order valence-corrected chi connectivity index (χ4v) is 5.81. The molecule has 0 saturated carbocycles. The molecule has 1 amide bonds. The molecule has 0 radical (unpaired) electrons. The normalized spacial score (nSPS) is 21.8. The predicted molar refractivity (Wildman–Crippen MR) is 107 cm³/mol. The monoisotopic (exact) mass is 390 g/mol. The Morgan fingerprint density at radius 2 is 1.61 bits per heavy atom. The van der Waals surface area contributed by atoms with E-state index in [1.54, 1.807) is 31.3 Å². The topological polar surface area (TPSA) is 57.7 Å². The van der Waals surface area contributed by atoms with Gasteiger partial charge in [0.25, 0.3) is 0 Å². The zero-order valence-corrected chi connectivity index (χ0v) is 16.0. The number of rotatable bonds is 2. The van der Waals surface area contributed by atoms with Crippen molar-refractivity contribution in [2.45, 2.75) is 24.0 Å². The first kappa shape index (κ1) is 17.2. The van der Waals surface area contributed by atoms with Crippen molar-refractivity contribution in [3.05, 3.63) is 84.1 Å². The highest BCUT2D eigenvalue weighted by Crippen LogP contribution is 2.43. The minimum Gasteiger partial charge on any atom is -0.296 e. The van der Waals surface area contributed by atoms with Crippen molar-refractivity contribution < 1.29 is 13.2 Å². The molecule has 0 bridgehead atoms. The molecular formula is C22H18N2O3S. The van der Waals surface area contributed by atoms with E-state index in [0.717, 1.165) is 21.9 Å². The van der Waals surface area contributed by atoms with E-state index in [2.05, 4.69) is 0 Å². The second kappa shape index (κ2) is 6.02. The van der Waals surface area contributed by atoms with Crippen molar-refractivity contribution in [3.63, 3.8) is 0 Å². The fraction of sp³-hybridized carbons (Fsp3) is 0.136. The van der Waals surface area contributed by atoms with Crippen molar-refractivity contribution in [2.75, 3.05) is 0 Å². The summed E-state index contributed by atoms with van der Waals surface area (Å²) in [6.45, 7) is 1.65. The van der Waals surface area contributed by atoms with Gasteiger partial charge in [-0.05, 0) is 47.0 Å². The van der Waals surface area contributed by atoms with Gasteiger partial charge in [0.1, 0.15) is 12.2 Å². The zero-order chi connectivity index (χ0) is 19.5. The van der Waals surface area contributed by atoms with Crippen LogP contribution in [0, 0.1) is 0 Å². The summed E-state index contributed by atoms with van der Waals surface area (Å²) in [4.78, 5) is 14.5. The third kappa shape index (κ3) is 2.35.